The third kappa shape index (κ3) is 9.02. The van der Waals surface area contributed by atoms with Crippen LogP contribution in [0.4, 0.5) is 0 Å². The van der Waals surface area contributed by atoms with E-state index in [4.69, 9.17) is 3.87 Å². The maximum Gasteiger partial charge on any atom is 0 e. The molecule has 0 bridgehead atoms. The van der Waals surface area contributed by atoms with Gasteiger partial charge in [-0.1, -0.05) is 0 Å². The number of hydrogen-bond acceptors (Lipinski definition) is 1. The van der Waals surface area contributed by atoms with Gasteiger partial charge in [0.15, 0.2) is 0 Å². The average Bonchev–Trinajstić information content (AvgIpc) is 1.00. The first-order valence-electron chi connectivity index (χ1n) is 0.136. The van der Waals surface area contributed by atoms with Gasteiger partial charge < -0.3 is 0 Å². The van der Waals surface area contributed by atoms with E-state index in [1.165, 1.54) is 0 Å². The van der Waals surface area contributed by atoms with Crippen molar-refractivity contribution in [1.29, 1.82) is 0 Å². The van der Waals surface area contributed by atoms with Crippen molar-refractivity contribution in [2.24, 2.45) is 0 Å². The van der Waals surface area contributed by atoms with Crippen LogP contribution in [0.5, 0.6) is 0 Å². The van der Waals surface area contributed by atoms with Crippen LogP contribution in [0.3, 0.4) is 0 Å². The monoisotopic (exact) mass is 301 g/mol. The van der Waals surface area contributed by atoms with Gasteiger partial charge in [-0.25, -0.2) is 0 Å². The summed E-state index contributed by atoms with van der Waals surface area (Å²) in [4.78, 5) is 0. The average molecular weight is 300 g/mol. The third-order valence-corrected chi connectivity index (χ3v) is 0. The summed E-state index contributed by atoms with van der Waals surface area (Å²) in [7, 11) is 0. The Morgan fingerprint density at radius 3 is 1.25 bits per heavy atom. The van der Waals surface area contributed by atoms with Gasteiger partial charge in [-0.2, -0.15) is 0 Å². The molecule has 0 fully saturated rings. The standard InChI is InChI=1S/Ba.Co.O.Sr. The van der Waals surface area contributed by atoms with Crippen LogP contribution in [0, 0.1) is 0 Å². The second-order valence-corrected chi connectivity index (χ2v) is 0. The van der Waals surface area contributed by atoms with Crippen molar-refractivity contribution in [2.75, 3.05) is 0 Å². The molecule has 0 aromatic heterocycles. The molecule has 0 N–H and O–H groups in total. The Balaban J connectivity index is -0.00000000500. The van der Waals surface area contributed by atoms with Gasteiger partial charge in [0, 0.05) is 94.4 Å². The Morgan fingerprint density at radius 2 is 1.25 bits per heavy atom. The minimum Gasteiger partial charge on any atom is 0 e. The summed E-state index contributed by atoms with van der Waals surface area (Å²) >= 11 is 2.31. The predicted molar refractivity (Wildman–Crippen MR) is 12.2 cm³/mol. The zero-order chi connectivity index (χ0) is 2.00. The molecule has 0 spiro atoms. The van der Waals surface area contributed by atoms with E-state index < -0.39 is 0 Å². The van der Waals surface area contributed by atoms with Crippen LogP contribution in [-0.2, 0) is 19.5 Å². The van der Waals surface area contributed by atoms with Gasteiger partial charge >= 0.3 is 19.5 Å². The molecule has 4 heavy (non-hydrogen) atoms. The summed E-state index contributed by atoms with van der Waals surface area (Å²) in [5.41, 5.74) is 0. The van der Waals surface area contributed by atoms with E-state index in [0.29, 0.717) is 0 Å². The molecule has 0 heterocycles. The molecule has 0 saturated heterocycles. The van der Waals surface area contributed by atoms with Crippen LogP contribution in [-0.4, -0.2) is 94.4 Å². The topological polar surface area (TPSA) is 17.1 Å². The van der Waals surface area contributed by atoms with Crippen LogP contribution in [0.1, 0.15) is 0 Å². The van der Waals surface area contributed by atoms with Crippen LogP contribution < -0.4 is 0 Å². The maximum absolute atomic E-state index is 7.94. The van der Waals surface area contributed by atoms with E-state index in [2.05, 4.69) is 15.7 Å². The Kier molecular flexibility index (Phi) is 63.4. The summed E-state index contributed by atoms with van der Waals surface area (Å²) in [5.74, 6) is 0. The fourth-order valence-electron chi connectivity index (χ4n) is 0. The van der Waals surface area contributed by atoms with Gasteiger partial charge in [0.2, 0.25) is 0 Å². The summed E-state index contributed by atoms with van der Waals surface area (Å²) in [5, 5.41) is 0. The molecule has 0 aromatic carbocycles. The summed E-state index contributed by atoms with van der Waals surface area (Å²) in [6, 6.07) is 0. The van der Waals surface area contributed by atoms with Crippen molar-refractivity contribution in [3.8, 4) is 0 Å². The number of rotatable bonds is 0. The first-order valence-corrected chi connectivity index (χ1v) is 0.561. The van der Waals surface area contributed by atoms with Crippen molar-refractivity contribution >= 4 is 94.4 Å². The van der Waals surface area contributed by atoms with Gasteiger partial charge in [0.1, 0.15) is 0 Å². The van der Waals surface area contributed by atoms with Crippen molar-refractivity contribution < 1.29 is 19.5 Å². The number of hydrogen-bond donors (Lipinski definition) is 0. The summed E-state index contributed by atoms with van der Waals surface area (Å²) < 4.78 is 7.94. The van der Waals surface area contributed by atoms with Gasteiger partial charge in [-0.3, -0.25) is 0 Å². The van der Waals surface area contributed by atoms with E-state index in [-0.39, 0.29) is 94.4 Å². The fourth-order valence-corrected chi connectivity index (χ4v) is 0. The largest absolute Gasteiger partial charge is 0 e. The molecule has 0 aromatic rings. The SMILES string of the molecule is [Ba].[O]=[Co].[Sr]. The molecular weight excluding hydrogens is 300 g/mol. The second kappa shape index (κ2) is 16.2. The minimum atomic E-state index is 0. The van der Waals surface area contributed by atoms with Crippen molar-refractivity contribution in [3.05, 3.63) is 0 Å². The van der Waals surface area contributed by atoms with Crippen molar-refractivity contribution in [1.82, 2.24) is 0 Å². The van der Waals surface area contributed by atoms with Crippen molar-refractivity contribution in [2.45, 2.75) is 0 Å². The molecule has 0 unspecified atom stereocenters. The summed E-state index contributed by atoms with van der Waals surface area (Å²) in [6.07, 6.45) is 0. The van der Waals surface area contributed by atoms with Crippen LogP contribution in [0.15, 0.2) is 0 Å². The zero-order valence-electron chi connectivity index (χ0n) is 2.16. The van der Waals surface area contributed by atoms with Gasteiger partial charge in [-0.15, -0.1) is 0 Å². The normalized spacial score (nSPS) is 1.25. The van der Waals surface area contributed by atoms with Gasteiger partial charge in [0.25, 0.3) is 0 Å². The van der Waals surface area contributed by atoms with E-state index in [1.54, 1.807) is 0 Å². The first kappa shape index (κ1) is 15.7. The molecule has 0 rings (SSSR count). The molecular formula is BaCoOSr. The molecule has 0 saturated carbocycles. The van der Waals surface area contributed by atoms with E-state index in [1.807, 2.05) is 0 Å². The third-order valence-electron chi connectivity index (χ3n) is 0. The summed E-state index contributed by atoms with van der Waals surface area (Å²) in [6.45, 7) is 0. The molecule has 4 radical (unpaired) electrons. The van der Waals surface area contributed by atoms with Crippen LogP contribution in [0.2, 0.25) is 0 Å². The van der Waals surface area contributed by atoms with Crippen LogP contribution >= 0.6 is 0 Å². The van der Waals surface area contributed by atoms with E-state index >= 15 is 0 Å². The van der Waals surface area contributed by atoms with Crippen molar-refractivity contribution in [3.63, 3.8) is 0 Å². The van der Waals surface area contributed by atoms with Crippen LogP contribution in [0.25, 0.3) is 0 Å². The smallest absolute Gasteiger partial charge is 0 e. The Bertz CT molecular complexity index is 8.00. The molecule has 4 heteroatoms. The van der Waals surface area contributed by atoms with Gasteiger partial charge in [-0.05, 0) is 0 Å². The Hall–Kier alpha value is 3.36. The Morgan fingerprint density at radius 1 is 1.25 bits per heavy atom. The molecule has 19 valence electrons. The second-order valence-electron chi connectivity index (χ2n) is 0. The fraction of sp³-hybridized carbons (Fsp3) is 0. The molecule has 0 aliphatic heterocycles. The van der Waals surface area contributed by atoms with E-state index in [0.717, 1.165) is 0 Å². The first-order chi connectivity index (χ1) is 1.00. The predicted octanol–water partition coefficient (Wildman–Crippen LogP) is -0.883. The molecule has 0 atom stereocenters. The maximum atomic E-state index is 7.94. The Labute approximate surface area is 110 Å². The molecule has 0 aliphatic carbocycles. The minimum absolute atomic E-state index is 0. The van der Waals surface area contributed by atoms with Gasteiger partial charge in [0.05, 0.1) is 0 Å². The quantitative estimate of drug-likeness (QED) is 0.531. The van der Waals surface area contributed by atoms with E-state index in [9.17, 15) is 0 Å². The molecule has 1 nitrogen and oxygen atoms in total. The zero-order valence-corrected chi connectivity index (χ0v) is 11.1. The molecule has 0 amide bonds. The molecule has 0 aliphatic rings.